The van der Waals surface area contributed by atoms with Crippen molar-refractivity contribution in [1.29, 1.82) is 0 Å². The van der Waals surface area contributed by atoms with Crippen molar-refractivity contribution in [2.45, 2.75) is 44.4 Å². The molecule has 108 valence electrons. The number of nitrogen functional groups attached to an aromatic ring is 1. The summed E-state index contributed by atoms with van der Waals surface area (Å²) in [5.41, 5.74) is 9.63. The number of anilines is 1. The Bertz CT molecular complexity index is 634. The first kappa shape index (κ1) is 14.8. The van der Waals surface area contributed by atoms with Crippen LogP contribution in [0.25, 0.3) is 0 Å². The molecule has 0 spiro atoms. The van der Waals surface area contributed by atoms with Crippen LogP contribution in [-0.2, 0) is 29.5 Å². The first-order valence-corrected chi connectivity index (χ1v) is 8.17. The summed E-state index contributed by atoms with van der Waals surface area (Å²) >= 11 is 0. The SMILES string of the molecule is CCc1cc(CS(=O)c2cc(C)ccc2N)n(CC)n1. The molecule has 0 radical (unpaired) electrons. The van der Waals surface area contributed by atoms with Gasteiger partial charge in [0.1, 0.15) is 0 Å². The number of nitrogens with zero attached hydrogens (tertiary/aromatic N) is 2. The van der Waals surface area contributed by atoms with Crippen molar-refractivity contribution >= 4 is 16.5 Å². The molecule has 0 aliphatic rings. The van der Waals surface area contributed by atoms with Crippen molar-refractivity contribution in [3.63, 3.8) is 0 Å². The van der Waals surface area contributed by atoms with Crippen LogP contribution >= 0.6 is 0 Å². The molecule has 0 aliphatic carbocycles. The zero-order chi connectivity index (χ0) is 14.7. The lowest BCUT2D eigenvalue weighted by atomic mass is 10.2. The van der Waals surface area contributed by atoms with E-state index in [1.54, 1.807) is 0 Å². The van der Waals surface area contributed by atoms with Crippen molar-refractivity contribution in [3.05, 3.63) is 41.2 Å². The van der Waals surface area contributed by atoms with Crippen LogP contribution in [0, 0.1) is 6.92 Å². The zero-order valence-corrected chi connectivity index (χ0v) is 13.0. The van der Waals surface area contributed by atoms with Crippen LogP contribution in [0.15, 0.2) is 29.2 Å². The summed E-state index contributed by atoms with van der Waals surface area (Å²) in [7, 11) is -1.14. The Balaban J connectivity index is 2.27. The Morgan fingerprint density at radius 1 is 1.30 bits per heavy atom. The number of hydrogen-bond acceptors (Lipinski definition) is 3. The van der Waals surface area contributed by atoms with Crippen LogP contribution < -0.4 is 5.73 Å². The normalized spacial score (nSPS) is 12.6. The maximum atomic E-state index is 12.5. The van der Waals surface area contributed by atoms with E-state index < -0.39 is 10.8 Å². The summed E-state index contributed by atoms with van der Waals surface area (Å²) in [6, 6.07) is 7.69. The third kappa shape index (κ3) is 3.10. The maximum Gasteiger partial charge on any atom is 0.0703 e. The number of aromatic nitrogens is 2. The molecule has 1 aromatic carbocycles. The Morgan fingerprint density at radius 3 is 2.70 bits per heavy atom. The molecule has 1 aromatic heterocycles. The van der Waals surface area contributed by atoms with Crippen molar-refractivity contribution in [1.82, 2.24) is 9.78 Å². The molecular formula is C15H21N3OS. The minimum Gasteiger partial charge on any atom is -0.398 e. The zero-order valence-electron chi connectivity index (χ0n) is 12.2. The topological polar surface area (TPSA) is 60.9 Å². The van der Waals surface area contributed by atoms with Gasteiger partial charge in [0.25, 0.3) is 0 Å². The van der Waals surface area contributed by atoms with Crippen LogP contribution in [0.3, 0.4) is 0 Å². The molecule has 2 N–H and O–H groups in total. The Labute approximate surface area is 122 Å². The second-order valence-corrected chi connectivity index (χ2v) is 6.25. The molecule has 2 rings (SSSR count). The highest BCUT2D eigenvalue weighted by Gasteiger charge is 2.13. The molecule has 1 unspecified atom stereocenters. The first-order chi connectivity index (χ1) is 9.55. The molecule has 0 bridgehead atoms. The smallest absolute Gasteiger partial charge is 0.0703 e. The molecule has 0 saturated carbocycles. The van der Waals surface area contributed by atoms with Crippen LogP contribution in [0.5, 0.6) is 0 Å². The average Bonchev–Trinajstić information content (AvgIpc) is 2.83. The van der Waals surface area contributed by atoms with Gasteiger partial charge in [0, 0.05) is 12.2 Å². The number of aryl methyl sites for hydroxylation is 3. The van der Waals surface area contributed by atoms with Gasteiger partial charge in [-0.15, -0.1) is 0 Å². The number of hydrogen-bond donors (Lipinski definition) is 1. The van der Waals surface area contributed by atoms with Gasteiger partial charge in [-0.25, -0.2) is 0 Å². The molecule has 1 heterocycles. The van der Waals surface area contributed by atoms with E-state index in [4.69, 9.17) is 5.73 Å². The van der Waals surface area contributed by atoms with Gasteiger partial charge < -0.3 is 5.73 Å². The average molecular weight is 291 g/mol. The lowest BCUT2D eigenvalue weighted by molar-refractivity contribution is 0.623. The number of rotatable bonds is 5. The molecule has 4 nitrogen and oxygen atoms in total. The van der Waals surface area contributed by atoms with Gasteiger partial charge in [0.15, 0.2) is 0 Å². The Hall–Kier alpha value is -1.62. The van der Waals surface area contributed by atoms with E-state index in [0.717, 1.165) is 29.9 Å². The fraction of sp³-hybridized carbons (Fsp3) is 0.400. The summed E-state index contributed by atoms with van der Waals surface area (Å²) in [5, 5.41) is 4.48. The van der Waals surface area contributed by atoms with Gasteiger partial charge in [-0.2, -0.15) is 5.10 Å². The summed E-state index contributed by atoms with van der Waals surface area (Å²) in [6.45, 7) is 6.88. The van der Waals surface area contributed by atoms with Crippen LogP contribution in [-0.4, -0.2) is 14.0 Å². The minimum absolute atomic E-state index is 0.453. The summed E-state index contributed by atoms with van der Waals surface area (Å²) in [6.07, 6.45) is 0.888. The standard InChI is InChI=1S/C15H21N3OS/c1-4-12-9-13(18(5-2)17-12)10-20(19)15-8-11(3)6-7-14(15)16/h6-9H,4-5,10,16H2,1-3H3. The number of nitrogens with two attached hydrogens (primary N) is 1. The molecule has 1 atom stereocenters. The molecular weight excluding hydrogens is 270 g/mol. The molecule has 0 aliphatic heterocycles. The first-order valence-electron chi connectivity index (χ1n) is 6.85. The molecule has 0 saturated heterocycles. The van der Waals surface area contributed by atoms with Gasteiger partial charge in [-0.3, -0.25) is 8.89 Å². The van der Waals surface area contributed by atoms with E-state index >= 15 is 0 Å². The number of benzene rings is 1. The van der Waals surface area contributed by atoms with Crippen molar-refractivity contribution in [2.75, 3.05) is 5.73 Å². The monoisotopic (exact) mass is 291 g/mol. The molecule has 0 amide bonds. The fourth-order valence-electron chi connectivity index (χ4n) is 2.13. The van der Waals surface area contributed by atoms with Crippen LogP contribution in [0.4, 0.5) is 5.69 Å². The van der Waals surface area contributed by atoms with Crippen molar-refractivity contribution in [3.8, 4) is 0 Å². The highest BCUT2D eigenvalue weighted by Crippen LogP contribution is 2.21. The van der Waals surface area contributed by atoms with Gasteiger partial charge in [-0.05, 0) is 44.0 Å². The predicted molar refractivity (Wildman–Crippen MR) is 83.0 cm³/mol. The van der Waals surface area contributed by atoms with Crippen LogP contribution in [0.1, 0.15) is 30.8 Å². The largest absolute Gasteiger partial charge is 0.398 e. The lowest BCUT2D eigenvalue weighted by Crippen LogP contribution is -2.07. The summed E-state index contributed by atoms with van der Waals surface area (Å²) in [5.74, 6) is 0.453. The van der Waals surface area contributed by atoms with Crippen molar-refractivity contribution in [2.24, 2.45) is 0 Å². The van der Waals surface area contributed by atoms with E-state index in [-0.39, 0.29) is 0 Å². The molecule has 0 fully saturated rings. The van der Waals surface area contributed by atoms with Gasteiger partial charge in [-0.1, -0.05) is 13.0 Å². The summed E-state index contributed by atoms with van der Waals surface area (Å²) in [4.78, 5) is 0.715. The van der Waals surface area contributed by atoms with Crippen LogP contribution in [0.2, 0.25) is 0 Å². The third-order valence-electron chi connectivity index (χ3n) is 3.27. The quantitative estimate of drug-likeness (QED) is 0.862. The maximum absolute atomic E-state index is 12.5. The Kier molecular flexibility index (Phi) is 4.60. The van der Waals surface area contributed by atoms with E-state index in [0.29, 0.717) is 16.3 Å². The van der Waals surface area contributed by atoms with Gasteiger partial charge in [0.05, 0.1) is 32.8 Å². The molecule has 2 aromatic rings. The van der Waals surface area contributed by atoms with E-state index in [1.807, 2.05) is 42.8 Å². The van der Waals surface area contributed by atoms with E-state index in [2.05, 4.69) is 12.0 Å². The van der Waals surface area contributed by atoms with E-state index in [1.165, 1.54) is 0 Å². The third-order valence-corrected chi connectivity index (χ3v) is 4.67. The highest BCUT2D eigenvalue weighted by molar-refractivity contribution is 7.84. The van der Waals surface area contributed by atoms with Crippen molar-refractivity contribution < 1.29 is 4.21 Å². The van der Waals surface area contributed by atoms with E-state index in [9.17, 15) is 4.21 Å². The Morgan fingerprint density at radius 2 is 2.05 bits per heavy atom. The predicted octanol–water partition coefficient (Wildman–Crippen LogP) is 2.66. The second kappa shape index (κ2) is 6.22. The highest BCUT2D eigenvalue weighted by atomic mass is 32.2. The summed E-state index contributed by atoms with van der Waals surface area (Å²) < 4.78 is 14.5. The second-order valence-electron chi connectivity index (χ2n) is 4.83. The van der Waals surface area contributed by atoms with Gasteiger partial charge in [0.2, 0.25) is 0 Å². The lowest BCUT2D eigenvalue weighted by Gasteiger charge is -2.08. The molecule has 5 heteroatoms. The fourth-order valence-corrected chi connectivity index (χ4v) is 3.43. The van der Waals surface area contributed by atoms with Gasteiger partial charge >= 0.3 is 0 Å². The molecule has 20 heavy (non-hydrogen) atoms. The minimum atomic E-state index is -1.14.